The first-order valence-corrected chi connectivity index (χ1v) is 7.23. The summed E-state index contributed by atoms with van der Waals surface area (Å²) < 4.78 is 5.00. The van der Waals surface area contributed by atoms with Crippen molar-refractivity contribution in [3.05, 3.63) is 17.8 Å². The van der Waals surface area contributed by atoms with E-state index in [0.717, 1.165) is 12.2 Å². The summed E-state index contributed by atoms with van der Waals surface area (Å²) in [7, 11) is 0. The Morgan fingerprint density at radius 3 is 2.89 bits per heavy atom. The Morgan fingerprint density at radius 1 is 1.44 bits per heavy atom. The number of hydrogen-bond acceptors (Lipinski definition) is 5. The Bertz CT molecular complexity index is 397. The second-order valence-corrected chi connectivity index (χ2v) is 4.98. The van der Waals surface area contributed by atoms with Gasteiger partial charge in [0.25, 0.3) is 0 Å². The van der Waals surface area contributed by atoms with Crippen molar-refractivity contribution in [2.75, 3.05) is 18.1 Å². The molecule has 1 aromatic heterocycles. The van der Waals surface area contributed by atoms with E-state index in [0.29, 0.717) is 22.9 Å². The van der Waals surface area contributed by atoms with Gasteiger partial charge < -0.3 is 10.5 Å². The van der Waals surface area contributed by atoms with Crippen molar-refractivity contribution in [3.63, 3.8) is 0 Å². The van der Waals surface area contributed by atoms with Crippen molar-refractivity contribution in [2.45, 2.75) is 38.1 Å². The summed E-state index contributed by atoms with van der Waals surface area (Å²) in [5, 5.41) is 0.707. The summed E-state index contributed by atoms with van der Waals surface area (Å²) in [5.41, 5.74) is 6.61. The predicted molar refractivity (Wildman–Crippen MR) is 74.9 cm³/mol. The number of carbonyl (C=O) groups excluding carboxylic acids is 1. The van der Waals surface area contributed by atoms with Crippen LogP contribution < -0.4 is 5.73 Å². The van der Waals surface area contributed by atoms with Gasteiger partial charge in [-0.15, -0.1) is 11.8 Å². The lowest BCUT2D eigenvalue weighted by Gasteiger charge is -2.08. The molecular formula is C13H20N2O2S. The van der Waals surface area contributed by atoms with Crippen LogP contribution in [0.15, 0.2) is 17.3 Å². The number of anilines is 1. The first-order chi connectivity index (χ1) is 8.69. The summed E-state index contributed by atoms with van der Waals surface area (Å²) in [5.74, 6) is 0.604. The topological polar surface area (TPSA) is 65.2 Å². The van der Waals surface area contributed by atoms with E-state index in [2.05, 4.69) is 11.9 Å². The third kappa shape index (κ3) is 4.56. The normalized spacial score (nSPS) is 10.3. The molecule has 1 aromatic rings. The van der Waals surface area contributed by atoms with Crippen LogP contribution in [0.4, 0.5) is 5.69 Å². The van der Waals surface area contributed by atoms with E-state index in [-0.39, 0.29) is 5.97 Å². The average molecular weight is 268 g/mol. The van der Waals surface area contributed by atoms with Crippen molar-refractivity contribution in [3.8, 4) is 0 Å². The molecule has 0 unspecified atom stereocenters. The Kier molecular flexibility index (Phi) is 6.57. The van der Waals surface area contributed by atoms with Gasteiger partial charge in [-0.25, -0.2) is 9.78 Å². The molecule has 0 aliphatic carbocycles. The number of esters is 1. The highest BCUT2D eigenvalue weighted by Gasteiger charge is 2.14. The molecule has 2 N–H and O–H groups in total. The molecule has 0 aromatic carbocycles. The van der Waals surface area contributed by atoms with E-state index in [1.165, 1.54) is 12.8 Å². The third-order valence-electron chi connectivity index (χ3n) is 2.35. The lowest BCUT2D eigenvalue weighted by Crippen LogP contribution is -2.08. The Balaban J connectivity index is 2.73. The van der Waals surface area contributed by atoms with E-state index in [9.17, 15) is 4.79 Å². The van der Waals surface area contributed by atoms with Crippen LogP contribution in [0, 0.1) is 0 Å². The summed E-state index contributed by atoms with van der Waals surface area (Å²) >= 11 is 1.58. The third-order valence-corrected chi connectivity index (χ3v) is 3.45. The van der Waals surface area contributed by atoms with Gasteiger partial charge in [0.05, 0.1) is 24.1 Å². The fourth-order valence-corrected chi connectivity index (χ4v) is 2.43. The van der Waals surface area contributed by atoms with Gasteiger partial charge in [-0.2, -0.15) is 0 Å². The van der Waals surface area contributed by atoms with Gasteiger partial charge in [-0.05, 0) is 25.2 Å². The zero-order chi connectivity index (χ0) is 13.4. The minimum absolute atomic E-state index is 0.352. The molecule has 18 heavy (non-hydrogen) atoms. The first-order valence-electron chi connectivity index (χ1n) is 6.24. The fraction of sp³-hybridized carbons (Fsp3) is 0.538. The number of nitrogen functional groups attached to an aromatic ring is 1. The molecular weight excluding hydrogens is 248 g/mol. The number of aromatic nitrogens is 1. The number of rotatable bonds is 7. The quantitative estimate of drug-likeness (QED) is 0.467. The van der Waals surface area contributed by atoms with Crippen LogP contribution >= 0.6 is 11.8 Å². The molecule has 100 valence electrons. The fourth-order valence-electron chi connectivity index (χ4n) is 1.46. The number of hydrogen-bond donors (Lipinski definition) is 1. The lowest BCUT2D eigenvalue weighted by molar-refractivity contribution is 0.0521. The summed E-state index contributed by atoms with van der Waals surface area (Å²) in [6.45, 7) is 4.30. The molecule has 0 amide bonds. The van der Waals surface area contributed by atoms with Crippen molar-refractivity contribution in [1.82, 2.24) is 4.98 Å². The zero-order valence-corrected chi connectivity index (χ0v) is 11.8. The maximum Gasteiger partial charge on any atom is 0.340 e. The van der Waals surface area contributed by atoms with E-state index in [1.54, 1.807) is 30.9 Å². The maximum absolute atomic E-state index is 11.8. The van der Waals surface area contributed by atoms with Crippen molar-refractivity contribution in [2.24, 2.45) is 0 Å². The second-order valence-electron chi connectivity index (χ2n) is 3.90. The van der Waals surface area contributed by atoms with Gasteiger partial charge in [-0.1, -0.05) is 19.8 Å². The molecule has 0 aliphatic rings. The van der Waals surface area contributed by atoms with E-state index >= 15 is 0 Å². The molecule has 0 aliphatic heterocycles. The van der Waals surface area contributed by atoms with Gasteiger partial charge in [0.1, 0.15) is 5.03 Å². The smallest absolute Gasteiger partial charge is 0.340 e. The Hall–Kier alpha value is -1.23. The number of pyridine rings is 1. The number of thioether (sulfide) groups is 1. The molecule has 0 saturated carbocycles. The zero-order valence-electron chi connectivity index (χ0n) is 10.9. The van der Waals surface area contributed by atoms with Crippen LogP contribution in [0.25, 0.3) is 0 Å². The average Bonchev–Trinajstić information content (AvgIpc) is 2.36. The molecule has 0 fully saturated rings. The van der Waals surface area contributed by atoms with Crippen LogP contribution in [-0.2, 0) is 4.74 Å². The van der Waals surface area contributed by atoms with Crippen LogP contribution in [0.3, 0.4) is 0 Å². The lowest BCUT2D eigenvalue weighted by atomic mass is 10.2. The highest BCUT2D eigenvalue weighted by atomic mass is 32.2. The molecule has 1 heterocycles. The van der Waals surface area contributed by atoms with Gasteiger partial charge in [0.2, 0.25) is 0 Å². The van der Waals surface area contributed by atoms with Crippen LogP contribution in [-0.4, -0.2) is 23.3 Å². The van der Waals surface area contributed by atoms with E-state index in [4.69, 9.17) is 10.5 Å². The molecule has 0 atom stereocenters. The highest BCUT2D eigenvalue weighted by Crippen LogP contribution is 2.24. The number of nitrogens with two attached hydrogens (primary N) is 1. The predicted octanol–water partition coefficient (Wildman–Crippen LogP) is 3.12. The Morgan fingerprint density at radius 2 is 2.22 bits per heavy atom. The molecule has 1 rings (SSSR count). The van der Waals surface area contributed by atoms with Crippen molar-refractivity contribution >= 4 is 23.4 Å². The SMILES string of the molecule is CCCCCSc1ncc(N)cc1C(=O)OCC. The molecule has 0 bridgehead atoms. The van der Waals surface area contributed by atoms with Crippen LogP contribution in [0.5, 0.6) is 0 Å². The standard InChI is InChI=1S/C13H20N2O2S/c1-3-5-6-7-18-12-11(13(16)17-4-2)8-10(14)9-15-12/h8-9H,3-7,14H2,1-2H3. The number of unbranched alkanes of at least 4 members (excludes halogenated alkanes) is 2. The van der Waals surface area contributed by atoms with Gasteiger partial charge >= 0.3 is 5.97 Å². The summed E-state index contributed by atoms with van der Waals surface area (Å²) in [6.07, 6.45) is 5.07. The van der Waals surface area contributed by atoms with Crippen molar-refractivity contribution in [1.29, 1.82) is 0 Å². The monoisotopic (exact) mass is 268 g/mol. The van der Waals surface area contributed by atoms with Crippen molar-refractivity contribution < 1.29 is 9.53 Å². The first kappa shape index (κ1) is 14.8. The second kappa shape index (κ2) is 7.97. The largest absolute Gasteiger partial charge is 0.462 e. The van der Waals surface area contributed by atoms with Gasteiger partial charge in [0, 0.05) is 0 Å². The minimum Gasteiger partial charge on any atom is -0.462 e. The maximum atomic E-state index is 11.8. The minimum atomic E-state index is -0.352. The number of carbonyl (C=O) groups is 1. The van der Waals surface area contributed by atoms with Gasteiger partial charge in [0.15, 0.2) is 0 Å². The van der Waals surface area contributed by atoms with E-state index in [1.807, 2.05) is 0 Å². The number of nitrogens with zero attached hydrogens (tertiary/aromatic N) is 1. The summed E-state index contributed by atoms with van der Waals surface area (Å²) in [6, 6.07) is 1.63. The molecule has 0 radical (unpaired) electrons. The number of ether oxygens (including phenoxy) is 1. The van der Waals surface area contributed by atoms with Crippen LogP contribution in [0.2, 0.25) is 0 Å². The summed E-state index contributed by atoms with van der Waals surface area (Å²) in [4.78, 5) is 16.0. The highest BCUT2D eigenvalue weighted by molar-refractivity contribution is 7.99. The Labute approximate surface area is 112 Å². The van der Waals surface area contributed by atoms with E-state index < -0.39 is 0 Å². The molecule has 0 spiro atoms. The van der Waals surface area contributed by atoms with Gasteiger partial charge in [-0.3, -0.25) is 0 Å². The molecule has 0 saturated heterocycles. The molecule has 4 nitrogen and oxygen atoms in total. The molecule has 5 heteroatoms. The van der Waals surface area contributed by atoms with Crippen LogP contribution in [0.1, 0.15) is 43.5 Å².